The quantitative estimate of drug-likeness (QED) is 0.772. The summed E-state index contributed by atoms with van der Waals surface area (Å²) >= 11 is 0. The Bertz CT molecular complexity index is 320. The van der Waals surface area contributed by atoms with E-state index in [1.54, 1.807) is 0 Å². The van der Waals surface area contributed by atoms with Gasteiger partial charge in [0.1, 0.15) is 0 Å². The number of nitrogens with zero attached hydrogens (tertiary/aromatic N) is 3. The van der Waals surface area contributed by atoms with E-state index in [4.69, 9.17) is 4.52 Å². The predicted octanol–water partition coefficient (Wildman–Crippen LogP) is 0.671. The molecule has 16 heavy (non-hydrogen) atoms. The van der Waals surface area contributed by atoms with Crippen LogP contribution in [0.5, 0.6) is 0 Å². The molecule has 1 aromatic rings. The Kier molecular flexibility index (Phi) is 4.44. The number of hydrogen-bond acceptors (Lipinski definition) is 5. The van der Waals surface area contributed by atoms with Crippen LogP contribution < -0.4 is 5.32 Å². The van der Waals surface area contributed by atoms with Crippen LogP contribution in [0, 0.1) is 0 Å². The van der Waals surface area contributed by atoms with Gasteiger partial charge in [0.2, 0.25) is 5.89 Å². The monoisotopic (exact) mass is 226 g/mol. The molecule has 0 aliphatic rings. The molecule has 0 bridgehead atoms. The summed E-state index contributed by atoms with van der Waals surface area (Å²) in [6, 6.07) is 0. The second-order valence-corrected chi connectivity index (χ2v) is 4.99. The number of likely N-dealkylation sites (N-methyl/N-ethyl adjacent to an activating group) is 2. The lowest BCUT2D eigenvalue weighted by Crippen LogP contribution is -2.32. The van der Waals surface area contributed by atoms with Crippen LogP contribution in [0.4, 0.5) is 0 Å². The molecule has 0 saturated heterocycles. The zero-order valence-electron chi connectivity index (χ0n) is 10.9. The van der Waals surface area contributed by atoms with Crippen LogP contribution in [0.1, 0.15) is 25.6 Å². The van der Waals surface area contributed by atoms with Gasteiger partial charge in [0, 0.05) is 19.5 Å². The van der Waals surface area contributed by atoms with Gasteiger partial charge >= 0.3 is 0 Å². The first-order valence-electron chi connectivity index (χ1n) is 5.58. The molecule has 1 N–H and O–H groups in total. The number of rotatable bonds is 6. The van der Waals surface area contributed by atoms with Crippen molar-refractivity contribution in [2.24, 2.45) is 0 Å². The molecule has 1 rings (SSSR count). The van der Waals surface area contributed by atoms with Gasteiger partial charge in [-0.05, 0) is 35.0 Å². The van der Waals surface area contributed by atoms with Gasteiger partial charge in [-0.2, -0.15) is 4.98 Å². The molecule has 0 aliphatic carbocycles. The summed E-state index contributed by atoms with van der Waals surface area (Å²) in [5, 5.41) is 7.05. The van der Waals surface area contributed by atoms with Crippen molar-refractivity contribution < 1.29 is 4.52 Å². The van der Waals surface area contributed by atoms with Gasteiger partial charge in [-0.1, -0.05) is 5.16 Å². The molecule has 0 saturated carbocycles. The second kappa shape index (κ2) is 5.41. The van der Waals surface area contributed by atoms with Crippen LogP contribution in [0.2, 0.25) is 0 Å². The van der Waals surface area contributed by atoms with Gasteiger partial charge in [0.15, 0.2) is 5.82 Å². The van der Waals surface area contributed by atoms with E-state index in [-0.39, 0.29) is 5.41 Å². The van der Waals surface area contributed by atoms with Gasteiger partial charge in [0.05, 0.1) is 5.41 Å². The highest BCUT2D eigenvalue weighted by Gasteiger charge is 2.28. The molecular formula is C11H22N4O. The fraction of sp³-hybridized carbons (Fsp3) is 0.818. The van der Waals surface area contributed by atoms with E-state index >= 15 is 0 Å². The molecule has 5 nitrogen and oxygen atoms in total. The summed E-state index contributed by atoms with van der Waals surface area (Å²) in [4.78, 5) is 6.55. The van der Waals surface area contributed by atoms with Crippen LogP contribution in [-0.4, -0.2) is 49.3 Å². The van der Waals surface area contributed by atoms with E-state index in [0.717, 1.165) is 25.3 Å². The van der Waals surface area contributed by atoms with Crippen LogP contribution in [0.15, 0.2) is 4.52 Å². The molecule has 0 spiro atoms. The van der Waals surface area contributed by atoms with Crippen LogP contribution in [-0.2, 0) is 11.8 Å². The first-order valence-corrected chi connectivity index (χ1v) is 5.58. The summed E-state index contributed by atoms with van der Waals surface area (Å²) in [6.07, 6.45) is 0.804. The Morgan fingerprint density at radius 3 is 2.62 bits per heavy atom. The van der Waals surface area contributed by atoms with Crippen molar-refractivity contribution in [1.29, 1.82) is 0 Å². The third-order valence-corrected chi connectivity index (χ3v) is 2.36. The zero-order valence-corrected chi connectivity index (χ0v) is 10.9. The molecule has 0 fully saturated rings. The SMILES string of the molecule is CNCCc1noc(C(C)(C)CN(C)C)n1. The van der Waals surface area contributed by atoms with Crippen molar-refractivity contribution >= 4 is 0 Å². The Morgan fingerprint density at radius 1 is 1.38 bits per heavy atom. The Morgan fingerprint density at radius 2 is 2.06 bits per heavy atom. The highest BCUT2D eigenvalue weighted by Crippen LogP contribution is 2.21. The maximum atomic E-state index is 5.31. The lowest BCUT2D eigenvalue weighted by molar-refractivity contribution is 0.246. The molecule has 0 radical (unpaired) electrons. The van der Waals surface area contributed by atoms with Gasteiger partial charge in [-0.3, -0.25) is 0 Å². The van der Waals surface area contributed by atoms with Crippen molar-refractivity contribution in [3.8, 4) is 0 Å². The van der Waals surface area contributed by atoms with E-state index in [9.17, 15) is 0 Å². The van der Waals surface area contributed by atoms with Gasteiger partial charge in [0.25, 0.3) is 0 Å². The van der Waals surface area contributed by atoms with Crippen LogP contribution in [0.3, 0.4) is 0 Å². The van der Waals surface area contributed by atoms with Crippen molar-refractivity contribution in [2.75, 3.05) is 34.2 Å². The smallest absolute Gasteiger partial charge is 0.233 e. The first-order chi connectivity index (χ1) is 7.45. The molecule has 92 valence electrons. The number of aromatic nitrogens is 2. The standard InChI is InChI=1S/C11H22N4O/c1-11(2,8-15(4)5)10-13-9(14-16-10)6-7-12-3/h12H,6-8H2,1-5H3. The van der Waals surface area contributed by atoms with E-state index in [1.807, 2.05) is 21.1 Å². The zero-order chi connectivity index (χ0) is 12.2. The minimum Gasteiger partial charge on any atom is -0.339 e. The Labute approximate surface area is 97.2 Å². The maximum absolute atomic E-state index is 5.31. The molecule has 0 aromatic carbocycles. The van der Waals surface area contributed by atoms with Crippen molar-refractivity contribution in [3.05, 3.63) is 11.7 Å². The summed E-state index contributed by atoms with van der Waals surface area (Å²) in [5.74, 6) is 1.49. The minimum atomic E-state index is -0.103. The van der Waals surface area contributed by atoms with Crippen LogP contribution in [0.25, 0.3) is 0 Å². The van der Waals surface area contributed by atoms with Crippen molar-refractivity contribution in [2.45, 2.75) is 25.7 Å². The molecule has 0 aliphatic heterocycles. The van der Waals surface area contributed by atoms with Gasteiger partial charge < -0.3 is 14.7 Å². The fourth-order valence-corrected chi connectivity index (χ4v) is 1.73. The van der Waals surface area contributed by atoms with Crippen molar-refractivity contribution in [3.63, 3.8) is 0 Å². The lowest BCUT2D eigenvalue weighted by atomic mass is 9.93. The van der Waals surface area contributed by atoms with E-state index < -0.39 is 0 Å². The highest BCUT2D eigenvalue weighted by molar-refractivity contribution is 5.02. The Hall–Kier alpha value is -0.940. The normalized spacial score (nSPS) is 12.4. The summed E-state index contributed by atoms with van der Waals surface area (Å²) in [7, 11) is 6.00. The average Bonchev–Trinajstić information content (AvgIpc) is 2.61. The predicted molar refractivity (Wildman–Crippen MR) is 63.5 cm³/mol. The minimum absolute atomic E-state index is 0.103. The number of hydrogen-bond donors (Lipinski definition) is 1. The van der Waals surface area contributed by atoms with Crippen LogP contribution >= 0.6 is 0 Å². The third-order valence-electron chi connectivity index (χ3n) is 2.36. The molecule has 0 atom stereocenters. The molecule has 5 heteroatoms. The molecule has 0 unspecified atom stereocenters. The van der Waals surface area contributed by atoms with Gasteiger partial charge in [-0.15, -0.1) is 0 Å². The van der Waals surface area contributed by atoms with E-state index in [2.05, 4.69) is 34.2 Å². The topological polar surface area (TPSA) is 54.2 Å². The largest absolute Gasteiger partial charge is 0.339 e. The lowest BCUT2D eigenvalue weighted by Gasteiger charge is -2.23. The van der Waals surface area contributed by atoms with E-state index in [1.165, 1.54) is 0 Å². The van der Waals surface area contributed by atoms with E-state index in [0.29, 0.717) is 5.89 Å². The fourth-order valence-electron chi connectivity index (χ4n) is 1.73. The van der Waals surface area contributed by atoms with Gasteiger partial charge in [-0.25, -0.2) is 0 Å². The molecular weight excluding hydrogens is 204 g/mol. The number of nitrogens with one attached hydrogen (secondary N) is 1. The highest BCUT2D eigenvalue weighted by atomic mass is 16.5. The van der Waals surface area contributed by atoms with Crippen molar-refractivity contribution in [1.82, 2.24) is 20.4 Å². The molecule has 1 aromatic heterocycles. The summed E-state index contributed by atoms with van der Waals surface area (Å²) in [5.41, 5.74) is -0.103. The molecule has 0 amide bonds. The summed E-state index contributed by atoms with van der Waals surface area (Å²) < 4.78 is 5.31. The first kappa shape index (κ1) is 13.1. The molecule has 1 heterocycles. The Balaban J connectivity index is 2.68. The summed E-state index contributed by atoms with van der Waals surface area (Å²) in [6.45, 7) is 5.98. The third kappa shape index (κ3) is 3.57. The second-order valence-electron chi connectivity index (χ2n) is 4.99. The average molecular weight is 226 g/mol. The maximum Gasteiger partial charge on any atom is 0.233 e.